The Bertz CT molecular complexity index is 687. The molecule has 4 nitrogen and oxygen atoms in total. The monoisotopic (exact) mass is 296 g/mol. The SMILES string of the molecule is O=C(/C=C/c1ccc(O)c(O)c1)OCC=Cc1ccccc1. The predicted octanol–water partition coefficient (Wildman–Crippen LogP) is 3.37. The molecule has 2 rings (SSSR count). The van der Waals surface area contributed by atoms with Crippen molar-refractivity contribution in [2.24, 2.45) is 0 Å². The third kappa shape index (κ3) is 4.83. The molecule has 0 aliphatic rings. The minimum atomic E-state index is -0.481. The van der Waals surface area contributed by atoms with Crippen molar-refractivity contribution in [2.45, 2.75) is 0 Å². The fourth-order valence-corrected chi connectivity index (χ4v) is 1.74. The molecule has 0 radical (unpaired) electrons. The molecule has 0 unspecified atom stereocenters. The predicted molar refractivity (Wildman–Crippen MR) is 85.2 cm³/mol. The second-order valence-electron chi connectivity index (χ2n) is 4.52. The molecule has 2 aromatic carbocycles. The first-order chi connectivity index (χ1) is 10.6. The highest BCUT2D eigenvalue weighted by Crippen LogP contribution is 2.25. The molecule has 0 aliphatic carbocycles. The van der Waals surface area contributed by atoms with Gasteiger partial charge in [-0.3, -0.25) is 0 Å². The van der Waals surface area contributed by atoms with Gasteiger partial charge in [0.2, 0.25) is 0 Å². The van der Waals surface area contributed by atoms with Crippen LogP contribution in [0.2, 0.25) is 0 Å². The van der Waals surface area contributed by atoms with Crippen molar-refractivity contribution >= 4 is 18.1 Å². The van der Waals surface area contributed by atoms with Crippen LogP contribution in [0.1, 0.15) is 11.1 Å². The summed E-state index contributed by atoms with van der Waals surface area (Å²) >= 11 is 0. The number of esters is 1. The number of carbonyl (C=O) groups is 1. The van der Waals surface area contributed by atoms with Crippen LogP contribution in [0.15, 0.2) is 60.7 Å². The summed E-state index contributed by atoms with van der Waals surface area (Å²) in [5.74, 6) is -0.919. The maximum atomic E-state index is 11.5. The summed E-state index contributed by atoms with van der Waals surface area (Å²) in [5, 5.41) is 18.5. The van der Waals surface area contributed by atoms with Crippen LogP contribution >= 0.6 is 0 Å². The van der Waals surface area contributed by atoms with E-state index in [1.165, 1.54) is 24.3 Å². The van der Waals surface area contributed by atoms with Gasteiger partial charge in [-0.15, -0.1) is 0 Å². The summed E-state index contributed by atoms with van der Waals surface area (Å²) in [7, 11) is 0. The minimum Gasteiger partial charge on any atom is -0.504 e. The van der Waals surface area contributed by atoms with E-state index in [1.807, 2.05) is 36.4 Å². The summed E-state index contributed by atoms with van der Waals surface area (Å²) in [4.78, 5) is 11.5. The Morgan fingerprint density at radius 3 is 2.45 bits per heavy atom. The van der Waals surface area contributed by atoms with E-state index >= 15 is 0 Å². The van der Waals surface area contributed by atoms with Gasteiger partial charge in [-0.25, -0.2) is 4.79 Å². The quantitative estimate of drug-likeness (QED) is 0.504. The van der Waals surface area contributed by atoms with Gasteiger partial charge in [-0.2, -0.15) is 0 Å². The fraction of sp³-hybridized carbons (Fsp3) is 0.0556. The third-order valence-electron chi connectivity index (χ3n) is 2.84. The molecule has 0 spiro atoms. The average molecular weight is 296 g/mol. The number of hydrogen-bond donors (Lipinski definition) is 2. The summed E-state index contributed by atoms with van der Waals surface area (Å²) in [6, 6.07) is 14.0. The highest BCUT2D eigenvalue weighted by atomic mass is 16.5. The van der Waals surface area contributed by atoms with Gasteiger partial charge in [-0.05, 0) is 35.4 Å². The molecular formula is C18H16O4. The topological polar surface area (TPSA) is 66.8 Å². The standard InChI is InChI=1S/C18H16O4/c19-16-10-8-15(13-17(16)20)9-11-18(21)22-12-4-7-14-5-2-1-3-6-14/h1-11,13,19-20H,12H2/b7-4?,11-9+. The van der Waals surface area contributed by atoms with Gasteiger partial charge in [0.15, 0.2) is 11.5 Å². The van der Waals surface area contributed by atoms with Crippen molar-refractivity contribution in [3.63, 3.8) is 0 Å². The van der Waals surface area contributed by atoms with Crippen molar-refractivity contribution in [3.05, 3.63) is 71.8 Å². The average Bonchev–Trinajstić information content (AvgIpc) is 2.54. The van der Waals surface area contributed by atoms with Crippen LogP contribution in [0.5, 0.6) is 11.5 Å². The molecule has 2 N–H and O–H groups in total. The fourth-order valence-electron chi connectivity index (χ4n) is 1.74. The van der Waals surface area contributed by atoms with E-state index in [0.29, 0.717) is 5.56 Å². The number of carbonyl (C=O) groups excluding carboxylic acids is 1. The van der Waals surface area contributed by atoms with Crippen molar-refractivity contribution in [3.8, 4) is 11.5 Å². The summed E-state index contributed by atoms with van der Waals surface area (Å²) in [6.45, 7) is 0.179. The zero-order valence-corrected chi connectivity index (χ0v) is 11.8. The first-order valence-electron chi connectivity index (χ1n) is 6.73. The zero-order valence-electron chi connectivity index (χ0n) is 11.8. The highest BCUT2D eigenvalue weighted by Gasteiger charge is 1.99. The number of benzene rings is 2. The molecule has 112 valence electrons. The first-order valence-corrected chi connectivity index (χ1v) is 6.73. The number of aromatic hydroxyl groups is 2. The molecule has 2 aromatic rings. The van der Waals surface area contributed by atoms with Gasteiger partial charge in [0, 0.05) is 6.08 Å². The third-order valence-corrected chi connectivity index (χ3v) is 2.84. The Labute approximate surface area is 128 Å². The Kier molecular flexibility index (Phi) is 5.37. The minimum absolute atomic E-state index is 0.179. The van der Waals surface area contributed by atoms with Crippen molar-refractivity contribution in [1.82, 2.24) is 0 Å². The number of rotatable bonds is 5. The molecule has 22 heavy (non-hydrogen) atoms. The van der Waals surface area contributed by atoms with E-state index in [0.717, 1.165) is 5.56 Å². The smallest absolute Gasteiger partial charge is 0.331 e. The lowest BCUT2D eigenvalue weighted by molar-refractivity contribution is -0.136. The molecule has 0 aliphatic heterocycles. The van der Waals surface area contributed by atoms with E-state index in [-0.39, 0.29) is 18.1 Å². The number of phenolic OH excluding ortho intramolecular Hbond substituents is 2. The van der Waals surface area contributed by atoms with Gasteiger partial charge in [-0.1, -0.05) is 42.5 Å². The Hall–Kier alpha value is -3.01. The van der Waals surface area contributed by atoms with Crippen LogP contribution in [0.4, 0.5) is 0 Å². The van der Waals surface area contributed by atoms with Gasteiger partial charge in [0.25, 0.3) is 0 Å². The number of ether oxygens (including phenoxy) is 1. The molecule has 0 aromatic heterocycles. The van der Waals surface area contributed by atoms with Crippen LogP contribution in [0.25, 0.3) is 12.2 Å². The molecule has 0 saturated heterocycles. The Morgan fingerprint density at radius 2 is 1.73 bits per heavy atom. The van der Waals surface area contributed by atoms with Gasteiger partial charge in [0.1, 0.15) is 6.61 Å². The van der Waals surface area contributed by atoms with E-state index in [4.69, 9.17) is 4.74 Å². The maximum absolute atomic E-state index is 11.5. The molecular weight excluding hydrogens is 280 g/mol. The lowest BCUT2D eigenvalue weighted by Crippen LogP contribution is -1.99. The van der Waals surface area contributed by atoms with Gasteiger partial charge in [0.05, 0.1) is 0 Å². The second kappa shape index (κ2) is 7.69. The Morgan fingerprint density at radius 1 is 0.955 bits per heavy atom. The lowest BCUT2D eigenvalue weighted by atomic mass is 10.2. The van der Waals surface area contributed by atoms with E-state index in [1.54, 1.807) is 12.1 Å². The van der Waals surface area contributed by atoms with E-state index in [9.17, 15) is 15.0 Å². The molecule has 0 bridgehead atoms. The molecule has 4 heteroatoms. The highest BCUT2D eigenvalue weighted by molar-refractivity contribution is 5.87. The van der Waals surface area contributed by atoms with Gasteiger partial charge < -0.3 is 14.9 Å². The lowest BCUT2D eigenvalue weighted by Gasteiger charge is -1.99. The van der Waals surface area contributed by atoms with E-state index < -0.39 is 5.97 Å². The number of hydrogen-bond acceptors (Lipinski definition) is 4. The van der Waals surface area contributed by atoms with Crippen LogP contribution in [0.3, 0.4) is 0 Å². The molecule has 0 heterocycles. The van der Waals surface area contributed by atoms with Crippen LogP contribution in [0, 0.1) is 0 Å². The van der Waals surface area contributed by atoms with Crippen molar-refractivity contribution < 1.29 is 19.7 Å². The van der Waals surface area contributed by atoms with Crippen LogP contribution in [-0.4, -0.2) is 22.8 Å². The second-order valence-corrected chi connectivity index (χ2v) is 4.52. The molecule has 0 amide bonds. The van der Waals surface area contributed by atoms with Crippen molar-refractivity contribution in [1.29, 1.82) is 0 Å². The largest absolute Gasteiger partial charge is 0.504 e. The maximum Gasteiger partial charge on any atom is 0.331 e. The Balaban J connectivity index is 1.81. The number of phenols is 2. The summed E-state index contributed by atoms with van der Waals surface area (Å²) in [5.41, 5.74) is 1.63. The molecule has 0 saturated carbocycles. The van der Waals surface area contributed by atoms with E-state index in [2.05, 4.69) is 0 Å². The summed E-state index contributed by atoms with van der Waals surface area (Å²) in [6.07, 6.45) is 6.40. The van der Waals surface area contributed by atoms with Crippen molar-refractivity contribution in [2.75, 3.05) is 6.61 Å². The first kappa shape index (κ1) is 15.4. The normalized spacial score (nSPS) is 11.1. The summed E-state index contributed by atoms with van der Waals surface area (Å²) < 4.78 is 5.02. The van der Waals surface area contributed by atoms with Crippen LogP contribution in [-0.2, 0) is 9.53 Å². The van der Waals surface area contributed by atoms with Crippen LogP contribution < -0.4 is 0 Å². The zero-order chi connectivity index (χ0) is 15.8. The molecule has 0 atom stereocenters. The molecule has 0 fully saturated rings. The van der Waals surface area contributed by atoms with Gasteiger partial charge >= 0.3 is 5.97 Å².